The number of carbonyl (C=O) groups is 1. The second-order valence-electron chi connectivity index (χ2n) is 4.27. The van der Waals surface area contributed by atoms with E-state index in [0.29, 0.717) is 22.2 Å². The number of nitrogens with one attached hydrogen (secondary N) is 1. The summed E-state index contributed by atoms with van der Waals surface area (Å²) in [6.07, 6.45) is 0.677. The predicted octanol–water partition coefficient (Wildman–Crippen LogP) is 0.462. The molecule has 2 heterocycles. The van der Waals surface area contributed by atoms with Crippen LogP contribution in [0.1, 0.15) is 28.1 Å². The molecule has 0 aromatic carbocycles. The van der Waals surface area contributed by atoms with Crippen LogP contribution in [0.3, 0.4) is 0 Å². The fourth-order valence-electron chi connectivity index (χ4n) is 2.01. The maximum atomic E-state index is 12.3. The number of fused-ring (bicyclic) bond motifs is 1. The van der Waals surface area contributed by atoms with E-state index in [2.05, 4.69) is 4.98 Å². The summed E-state index contributed by atoms with van der Waals surface area (Å²) in [6.45, 7) is 1.79. The van der Waals surface area contributed by atoms with Crippen LogP contribution in [0.25, 0.3) is 10.2 Å². The van der Waals surface area contributed by atoms with Crippen LogP contribution in [0, 0.1) is 18.3 Å². The number of nitrogens with two attached hydrogens (primary N) is 1. The largest absolute Gasteiger partial charge is 0.365 e. The minimum atomic E-state index is -0.625. The van der Waals surface area contributed by atoms with Crippen molar-refractivity contribution in [2.24, 2.45) is 5.73 Å². The number of amides is 1. The Kier molecular flexibility index (Phi) is 3.72. The number of thiophene rings is 1. The summed E-state index contributed by atoms with van der Waals surface area (Å²) in [7, 11) is 0. The highest BCUT2D eigenvalue weighted by atomic mass is 32.1. The summed E-state index contributed by atoms with van der Waals surface area (Å²) in [6, 6.07) is 1.96. The molecule has 7 nitrogen and oxygen atoms in total. The van der Waals surface area contributed by atoms with Crippen LogP contribution >= 0.6 is 11.3 Å². The summed E-state index contributed by atoms with van der Waals surface area (Å²) < 4.78 is 1.05. The van der Waals surface area contributed by atoms with Crippen LogP contribution < -0.4 is 17.0 Å². The van der Waals surface area contributed by atoms with Crippen LogP contribution in [0.15, 0.2) is 9.59 Å². The highest BCUT2D eigenvalue weighted by Gasteiger charge is 2.18. The number of H-pyrrole nitrogens is 1. The third-order valence-electron chi connectivity index (χ3n) is 2.97. The van der Waals surface area contributed by atoms with Gasteiger partial charge in [-0.25, -0.2) is 4.79 Å². The third-order valence-corrected chi connectivity index (χ3v) is 4.19. The first-order valence-corrected chi connectivity index (χ1v) is 6.72. The Hall–Kier alpha value is -2.40. The monoisotopic (exact) mass is 292 g/mol. The average Bonchev–Trinajstić information content (AvgIpc) is 2.70. The highest BCUT2D eigenvalue weighted by molar-refractivity contribution is 7.20. The zero-order valence-electron chi connectivity index (χ0n) is 10.7. The molecule has 0 bridgehead atoms. The Bertz CT molecular complexity index is 837. The van der Waals surface area contributed by atoms with Gasteiger partial charge in [-0.1, -0.05) is 0 Å². The molecule has 0 spiro atoms. The van der Waals surface area contributed by atoms with Crippen LogP contribution in [0.4, 0.5) is 0 Å². The molecule has 0 radical (unpaired) electrons. The van der Waals surface area contributed by atoms with Gasteiger partial charge >= 0.3 is 5.69 Å². The number of aromatic nitrogens is 2. The Balaban J connectivity index is 2.66. The summed E-state index contributed by atoms with van der Waals surface area (Å²) in [5.41, 5.74) is 4.72. The Morgan fingerprint density at radius 1 is 1.50 bits per heavy atom. The SMILES string of the molecule is Cc1c(C(N)=O)sc2[nH]c(=O)n(CCCC#N)c(=O)c12. The molecule has 1 amide bonds. The van der Waals surface area contributed by atoms with Gasteiger partial charge in [-0.3, -0.25) is 19.1 Å². The van der Waals surface area contributed by atoms with Crippen molar-refractivity contribution in [3.63, 3.8) is 0 Å². The molecule has 8 heteroatoms. The number of nitrogens with zero attached hydrogens (tertiary/aromatic N) is 2. The van der Waals surface area contributed by atoms with Gasteiger partial charge in [0.25, 0.3) is 11.5 Å². The Morgan fingerprint density at radius 2 is 2.20 bits per heavy atom. The van der Waals surface area contributed by atoms with Crippen LogP contribution in [-0.4, -0.2) is 15.5 Å². The van der Waals surface area contributed by atoms with E-state index in [1.54, 1.807) is 6.92 Å². The minimum absolute atomic E-state index is 0.166. The van der Waals surface area contributed by atoms with Gasteiger partial charge in [-0.2, -0.15) is 5.26 Å². The molecule has 0 saturated carbocycles. The zero-order valence-corrected chi connectivity index (χ0v) is 11.5. The molecule has 104 valence electrons. The van der Waals surface area contributed by atoms with E-state index >= 15 is 0 Å². The lowest BCUT2D eigenvalue weighted by molar-refractivity contribution is 0.100. The minimum Gasteiger partial charge on any atom is -0.365 e. The Morgan fingerprint density at radius 3 is 2.80 bits per heavy atom. The van der Waals surface area contributed by atoms with Gasteiger partial charge in [0.05, 0.1) is 16.3 Å². The van der Waals surface area contributed by atoms with E-state index in [4.69, 9.17) is 11.0 Å². The van der Waals surface area contributed by atoms with Crippen molar-refractivity contribution in [2.75, 3.05) is 0 Å². The second-order valence-corrected chi connectivity index (χ2v) is 5.29. The van der Waals surface area contributed by atoms with Crippen molar-refractivity contribution in [3.05, 3.63) is 31.3 Å². The smallest absolute Gasteiger partial charge is 0.329 e. The van der Waals surface area contributed by atoms with Crippen molar-refractivity contribution in [1.82, 2.24) is 9.55 Å². The van der Waals surface area contributed by atoms with Gasteiger partial charge in [-0.15, -0.1) is 11.3 Å². The molecule has 2 rings (SSSR count). The number of carbonyl (C=O) groups excluding carboxylic acids is 1. The van der Waals surface area contributed by atoms with Crippen LogP contribution in [-0.2, 0) is 6.54 Å². The molecular weight excluding hydrogens is 280 g/mol. The second kappa shape index (κ2) is 5.30. The van der Waals surface area contributed by atoms with Gasteiger partial charge in [0, 0.05) is 13.0 Å². The van der Waals surface area contributed by atoms with Crippen LogP contribution in [0.2, 0.25) is 0 Å². The normalized spacial score (nSPS) is 10.6. The first-order chi connectivity index (χ1) is 9.47. The van der Waals surface area contributed by atoms with Gasteiger partial charge in [-0.05, 0) is 18.9 Å². The summed E-state index contributed by atoms with van der Waals surface area (Å²) >= 11 is 1.00. The number of aryl methyl sites for hydroxylation is 1. The predicted molar refractivity (Wildman–Crippen MR) is 74.8 cm³/mol. The molecule has 3 N–H and O–H groups in total. The molecule has 0 unspecified atom stereocenters. The number of hydrogen-bond acceptors (Lipinski definition) is 5. The van der Waals surface area contributed by atoms with Gasteiger partial charge in [0.2, 0.25) is 0 Å². The van der Waals surface area contributed by atoms with Gasteiger partial charge in [0.15, 0.2) is 0 Å². The standard InChI is InChI=1S/C12H12N4O3S/c1-6-7-10(20-8(6)9(14)17)15-12(19)16(11(7)18)5-3-2-4-13/h2-3,5H2,1H3,(H2,14,17)(H,15,19). The first kappa shape index (κ1) is 14.0. The summed E-state index contributed by atoms with van der Waals surface area (Å²) in [5, 5.41) is 8.80. The van der Waals surface area contributed by atoms with E-state index in [-0.39, 0.29) is 17.8 Å². The van der Waals surface area contributed by atoms with E-state index in [0.717, 1.165) is 15.9 Å². The molecule has 0 aliphatic carbocycles. The number of aromatic amines is 1. The molecule has 0 saturated heterocycles. The van der Waals surface area contributed by atoms with Crippen LogP contribution in [0.5, 0.6) is 0 Å². The third kappa shape index (κ3) is 2.23. The lowest BCUT2D eigenvalue weighted by Gasteiger charge is -2.02. The van der Waals surface area contributed by atoms with Crippen molar-refractivity contribution >= 4 is 27.5 Å². The molecule has 20 heavy (non-hydrogen) atoms. The van der Waals surface area contributed by atoms with Crippen molar-refractivity contribution in [2.45, 2.75) is 26.3 Å². The summed E-state index contributed by atoms with van der Waals surface area (Å²) in [5.74, 6) is -0.625. The Labute approximate surface area is 117 Å². The summed E-state index contributed by atoms with van der Waals surface area (Å²) in [4.78, 5) is 38.6. The number of hydrogen-bond donors (Lipinski definition) is 2. The maximum absolute atomic E-state index is 12.3. The fourth-order valence-corrected chi connectivity index (χ4v) is 3.05. The molecule has 0 aliphatic rings. The molecule has 2 aromatic rings. The van der Waals surface area contributed by atoms with E-state index in [1.807, 2.05) is 6.07 Å². The first-order valence-electron chi connectivity index (χ1n) is 5.90. The number of unbranched alkanes of at least 4 members (excludes halogenated alkanes) is 1. The lowest BCUT2D eigenvalue weighted by atomic mass is 10.2. The van der Waals surface area contributed by atoms with Crippen molar-refractivity contribution in [3.8, 4) is 6.07 Å². The topological polar surface area (TPSA) is 122 Å². The quantitative estimate of drug-likeness (QED) is 0.795. The number of primary amides is 1. The molecule has 0 aliphatic heterocycles. The number of rotatable bonds is 4. The highest BCUT2D eigenvalue weighted by Crippen LogP contribution is 2.25. The van der Waals surface area contributed by atoms with E-state index in [1.165, 1.54) is 0 Å². The van der Waals surface area contributed by atoms with Crippen molar-refractivity contribution in [1.29, 1.82) is 5.26 Å². The average molecular weight is 292 g/mol. The van der Waals surface area contributed by atoms with E-state index in [9.17, 15) is 14.4 Å². The molecule has 0 fully saturated rings. The van der Waals surface area contributed by atoms with Gasteiger partial charge in [0.1, 0.15) is 4.83 Å². The van der Waals surface area contributed by atoms with Crippen molar-refractivity contribution < 1.29 is 4.79 Å². The molecular formula is C12H12N4O3S. The number of nitriles is 1. The lowest BCUT2D eigenvalue weighted by Crippen LogP contribution is -2.34. The molecule has 2 aromatic heterocycles. The molecule has 0 atom stereocenters. The fraction of sp³-hybridized carbons (Fsp3) is 0.333. The maximum Gasteiger partial charge on any atom is 0.329 e. The van der Waals surface area contributed by atoms with E-state index < -0.39 is 17.2 Å². The van der Waals surface area contributed by atoms with Gasteiger partial charge < -0.3 is 5.73 Å². The zero-order chi connectivity index (χ0) is 14.9.